The van der Waals surface area contributed by atoms with Crippen molar-refractivity contribution in [3.8, 4) is 0 Å². The van der Waals surface area contributed by atoms with Crippen molar-refractivity contribution in [2.45, 2.75) is 43.4 Å². The van der Waals surface area contributed by atoms with E-state index in [1.807, 2.05) is 60.7 Å². The number of nitro benzene ring substituents is 1. The third kappa shape index (κ3) is 4.52. The average molecular weight is 554 g/mol. The number of non-ortho nitro benzene ring substituents is 1. The predicted molar refractivity (Wildman–Crippen MR) is 152 cm³/mol. The molecule has 4 aromatic rings. The zero-order valence-corrected chi connectivity index (χ0v) is 22.3. The lowest BCUT2D eigenvalue weighted by Gasteiger charge is -2.40. The number of fused-ring (bicyclic) bond motifs is 2. The van der Waals surface area contributed by atoms with Gasteiger partial charge in [0.15, 0.2) is 4.80 Å². The number of nitro groups is 1. The van der Waals surface area contributed by atoms with Crippen LogP contribution >= 0.6 is 11.3 Å². The van der Waals surface area contributed by atoms with E-state index in [9.17, 15) is 25.1 Å². The van der Waals surface area contributed by atoms with E-state index < -0.39 is 22.7 Å². The zero-order valence-electron chi connectivity index (χ0n) is 21.5. The summed E-state index contributed by atoms with van der Waals surface area (Å²) in [6.07, 6.45) is 3.21. The van der Waals surface area contributed by atoms with Gasteiger partial charge >= 0.3 is 0 Å². The topological polar surface area (TPSA) is 118 Å². The standard InChI is InChI=1S/C31H27N3O5S/c35-26(21-9-3-1-4-10-21)24-13-7-8-18-31(37)27(24)32-30-33(28(31)22-11-5-2-6-12-22)29(36)25(40-30)19-20-14-16-23(17-15-20)34(38)39/h1-6,9-12,14-17,19,26,28,35,37H,7-8,13,18H2/b25-19+. The predicted octanol–water partition coefficient (Wildman–Crippen LogP) is 4.16. The van der Waals surface area contributed by atoms with E-state index in [1.54, 1.807) is 22.8 Å². The molecule has 0 spiro atoms. The van der Waals surface area contributed by atoms with Crippen LogP contribution in [0.15, 0.2) is 106 Å². The molecule has 8 nitrogen and oxygen atoms in total. The van der Waals surface area contributed by atoms with Crippen LogP contribution in [0.5, 0.6) is 0 Å². The molecule has 0 saturated heterocycles. The molecule has 9 heteroatoms. The van der Waals surface area contributed by atoms with Crippen LogP contribution in [0, 0.1) is 10.1 Å². The number of aliphatic hydroxyl groups is 2. The van der Waals surface area contributed by atoms with Crippen molar-refractivity contribution in [3.63, 3.8) is 0 Å². The molecule has 6 rings (SSSR count). The van der Waals surface area contributed by atoms with E-state index in [2.05, 4.69) is 0 Å². The summed E-state index contributed by atoms with van der Waals surface area (Å²) >= 11 is 1.20. The van der Waals surface area contributed by atoms with Crippen molar-refractivity contribution in [1.29, 1.82) is 0 Å². The molecular weight excluding hydrogens is 526 g/mol. The van der Waals surface area contributed by atoms with Gasteiger partial charge in [0.05, 0.1) is 21.2 Å². The Labute approximate surface area is 233 Å². The summed E-state index contributed by atoms with van der Waals surface area (Å²) in [5, 5.41) is 35.1. The van der Waals surface area contributed by atoms with Gasteiger partial charge in [-0.2, -0.15) is 0 Å². The molecule has 3 atom stereocenters. The first-order valence-corrected chi connectivity index (χ1v) is 14.0. The van der Waals surface area contributed by atoms with Gasteiger partial charge in [-0.3, -0.25) is 19.5 Å². The third-order valence-electron chi connectivity index (χ3n) is 7.69. The smallest absolute Gasteiger partial charge is 0.270 e. The van der Waals surface area contributed by atoms with E-state index in [4.69, 9.17) is 4.99 Å². The summed E-state index contributed by atoms with van der Waals surface area (Å²) in [6.45, 7) is 0. The molecule has 2 aliphatic rings. The molecule has 0 fully saturated rings. The first-order valence-electron chi connectivity index (χ1n) is 13.2. The number of benzene rings is 3. The average Bonchev–Trinajstić information content (AvgIpc) is 3.16. The molecule has 40 heavy (non-hydrogen) atoms. The zero-order chi connectivity index (χ0) is 27.9. The fraction of sp³-hybridized carbons (Fsp3) is 0.226. The van der Waals surface area contributed by atoms with Gasteiger partial charge in [0.2, 0.25) is 0 Å². The minimum absolute atomic E-state index is 0.0303. The second-order valence-corrected chi connectivity index (χ2v) is 11.2. The maximum Gasteiger partial charge on any atom is 0.270 e. The lowest BCUT2D eigenvalue weighted by Crippen LogP contribution is -2.52. The molecule has 1 aliphatic carbocycles. The summed E-state index contributed by atoms with van der Waals surface area (Å²) < 4.78 is 1.97. The number of rotatable bonds is 5. The molecule has 0 bridgehead atoms. The molecule has 3 aromatic carbocycles. The third-order valence-corrected chi connectivity index (χ3v) is 8.67. The highest BCUT2D eigenvalue weighted by Gasteiger charge is 2.48. The number of aromatic nitrogens is 1. The molecule has 1 aromatic heterocycles. The van der Waals surface area contributed by atoms with Gasteiger partial charge in [0.1, 0.15) is 11.7 Å². The summed E-state index contributed by atoms with van der Waals surface area (Å²) in [5.74, 6) is 0. The van der Waals surface area contributed by atoms with Gasteiger partial charge in [0.25, 0.3) is 11.2 Å². The summed E-state index contributed by atoms with van der Waals surface area (Å²) in [6, 6.07) is 24.1. The van der Waals surface area contributed by atoms with E-state index in [1.165, 1.54) is 23.5 Å². The largest absolute Gasteiger partial charge is 0.384 e. The second-order valence-electron chi connectivity index (χ2n) is 10.2. The van der Waals surface area contributed by atoms with Crippen molar-refractivity contribution in [2.75, 3.05) is 0 Å². The first kappa shape index (κ1) is 26.1. The monoisotopic (exact) mass is 553 g/mol. The van der Waals surface area contributed by atoms with Crippen molar-refractivity contribution in [1.82, 2.24) is 4.57 Å². The summed E-state index contributed by atoms with van der Waals surface area (Å²) in [7, 11) is 0. The lowest BCUT2D eigenvalue weighted by molar-refractivity contribution is -0.384. The highest BCUT2D eigenvalue weighted by atomic mass is 32.1. The summed E-state index contributed by atoms with van der Waals surface area (Å²) in [5.41, 5.74) is 1.41. The van der Waals surface area contributed by atoms with Crippen LogP contribution in [0.4, 0.5) is 5.69 Å². The fourth-order valence-electron chi connectivity index (χ4n) is 5.77. The number of hydrogen-bond acceptors (Lipinski definition) is 7. The highest BCUT2D eigenvalue weighted by Crippen LogP contribution is 2.46. The maximum atomic E-state index is 13.9. The normalized spacial score (nSPS) is 21.6. The molecular formula is C31H27N3O5S. The molecule has 0 amide bonds. The van der Waals surface area contributed by atoms with Crippen molar-refractivity contribution in [2.24, 2.45) is 4.99 Å². The van der Waals surface area contributed by atoms with Gasteiger partial charge in [-0.1, -0.05) is 72.0 Å². The molecule has 1 aliphatic heterocycles. The Morgan fingerprint density at radius 3 is 2.38 bits per heavy atom. The van der Waals surface area contributed by atoms with Crippen LogP contribution in [0.3, 0.4) is 0 Å². The number of thiazole rings is 1. The Bertz CT molecular complexity index is 1780. The Balaban J connectivity index is 1.61. The van der Waals surface area contributed by atoms with E-state index in [0.717, 1.165) is 17.5 Å². The van der Waals surface area contributed by atoms with Gasteiger partial charge in [0, 0.05) is 12.1 Å². The van der Waals surface area contributed by atoms with Crippen LogP contribution in [0.1, 0.15) is 54.5 Å². The van der Waals surface area contributed by atoms with Crippen LogP contribution in [0.25, 0.3) is 6.08 Å². The molecule has 2 N–H and O–H groups in total. The summed E-state index contributed by atoms with van der Waals surface area (Å²) in [4.78, 5) is 29.8. The molecule has 2 heterocycles. The molecule has 0 radical (unpaired) electrons. The van der Waals surface area contributed by atoms with Crippen molar-refractivity contribution in [3.05, 3.63) is 143 Å². The lowest BCUT2D eigenvalue weighted by atomic mass is 9.79. The number of hydrogen-bond donors (Lipinski definition) is 2. The molecule has 3 unspecified atom stereocenters. The van der Waals surface area contributed by atoms with Gasteiger partial charge in [-0.15, -0.1) is 0 Å². The number of nitrogens with zero attached hydrogens (tertiary/aromatic N) is 3. The number of aliphatic hydroxyl groups excluding tert-OH is 1. The van der Waals surface area contributed by atoms with Crippen LogP contribution in [-0.2, 0) is 0 Å². The van der Waals surface area contributed by atoms with Crippen LogP contribution in [-0.4, -0.2) is 25.3 Å². The maximum absolute atomic E-state index is 13.9. The van der Waals surface area contributed by atoms with Crippen molar-refractivity contribution < 1.29 is 15.1 Å². The fourth-order valence-corrected chi connectivity index (χ4v) is 6.77. The Hall–Kier alpha value is -4.18. The van der Waals surface area contributed by atoms with Crippen molar-refractivity contribution >= 4 is 23.1 Å². The quantitative estimate of drug-likeness (QED) is 0.284. The van der Waals surface area contributed by atoms with Crippen LogP contribution < -0.4 is 14.9 Å². The van der Waals surface area contributed by atoms with Gasteiger partial charge in [-0.25, -0.2) is 4.99 Å². The molecule has 0 saturated carbocycles. The second kappa shape index (κ2) is 10.4. The van der Waals surface area contributed by atoms with Gasteiger partial charge < -0.3 is 10.2 Å². The van der Waals surface area contributed by atoms with E-state index in [0.29, 0.717) is 45.4 Å². The minimum Gasteiger partial charge on any atom is -0.384 e. The highest BCUT2D eigenvalue weighted by molar-refractivity contribution is 7.07. The van der Waals surface area contributed by atoms with Gasteiger partial charge in [-0.05, 0) is 66.2 Å². The first-order chi connectivity index (χ1) is 19.4. The SMILES string of the molecule is O=c1/c(=C\c2ccc([N+](=O)[O-])cc2)sc2n1C(c1ccccc1)C1(O)CCCCC(C(O)c3ccccc3)=C1N=2. The Morgan fingerprint density at radius 1 is 1.02 bits per heavy atom. The Morgan fingerprint density at radius 2 is 1.70 bits per heavy atom. The minimum atomic E-state index is -1.51. The molecule has 202 valence electrons. The Kier molecular flexibility index (Phi) is 6.79. The van der Waals surface area contributed by atoms with E-state index >= 15 is 0 Å². The van der Waals surface area contributed by atoms with Crippen LogP contribution in [0.2, 0.25) is 0 Å². The van der Waals surface area contributed by atoms with E-state index in [-0.39, 0.29) is 11.2 Å².